The van der Waals surface area contributed by atoms with Gasteiger partial charge in [0.05, 0.1) is 6.61 Å². The highest BCUT2D eigenvalue weighted by atomic mass is 16.5. The number of nitrogens with two attached hydrogens (primary N) is 1. The van der Waals surface area contributed by atoms with Crippen molar-refractivity contribution in [2.45, 2.75) is 13.0 Å². The molecule has 0 spiro atoms. The third-order valence-electron chi connectivity index (χ3n) is 1.58. The van der Waals surface area contributed by atoms with Crippen LogP contribution in [0.3, 0.4) is 0 Å². The predicted molar refractivity (Wildman–Crippen MR) is 46.1 cm³/mol. The number of carbonyl (C=O) groups is 1. The van der Waals surface area contributed by atoms with Gasteiger partial charge in [0.1, 0.15) is 5.92 Å². The fourth-order valence-electron chi connectivity index (χ4n) is 0.976. The lowest BCUT2D eigenvalue weighted by Crippen LogP contribution is -2.33. The van der Waals surface area contributed by atoms with E-state index < -0.39 is 0 Å². The van der Waals surface area contributed by atoms with E-state index in [4.69, 9.17) is 10.5 Å². The summed E-state index contributed by atoms with van der Waals surface area (Å²) in [5.41, 5.74) is 5.63. The molecule has 12 heavy (non-hydrogen) atoms. The second-order valence-corrected chi connectivity index (χ2v) is 2.45. The molecule has 0 bridgehead atoms. The maximum atomic E-state index is 11.2. The van der Waals surface area contributed by atoms with Crippen LogP contribution in [-0.4, -0.2) is 18.6 Å². The maximum absolute atomic E-state index is 11.2. The quantitative estimate of drug-likeness (QED) is 0.610. The highest BCUT2D eigenvalue weighted by Gasteiger charge is 2.24. The van der Waals surface area contributed by atoms with Crippen molar-refractivity contribution < 1.29 is 9.53 Å². The van der Waals surface area contributed by atoms with Gasteiger partial charge < -0.3 is 10.5 Å². The summed E-state index contributed by atoms with van der Waals surface area (Å²) in [5, 5.41) is 0. The van der Waals surface area contributed by atoms with E-state index in [1.165, 1.54) is 0 Å². The normalized spacial score (nSPS) is 22.7. The molecule has 1 rings (SSSR count). The van der Waals surface area contributed by atoms with E-state index in [0.717, 1.165) is 0 Å². The molecule has 1 aliphatic rings. The Bertz CT molecular complexity index is 221. The fraction of sp³-hybridized carbons (Fsp3) is 0.333. The van der Waals surface area contributed by atoms with E-state index in [1.54, 1.807) is 25.2 Å². The standard InChI is InChI=1S/C9H12NO2/c1-2-12-9(11)7-5-3-4-6-8(7)10/h3-6,8H,2,10H2,1H3. The first-order valence-corrected chi connectivity index (χ1v) is 3.90. The number of carbonyl (C=O) groups excluding carboxylic acids is 1. The molecule has 2 N–H and O–H groups in total. The Morgan fingerprint density at radius 3 is 3.00 bits per heavy atom. The van der Waals surface area contributed by atoms with Crippen molar-refractivity contribution in [1.82, 2.24) is 0 Å². The number of hydrogen-bond acceptors (Lipinski definition) is 3. The Balaban J connectivity index is 2.56. The van der Waals surface area contributed by atoms with Crippen molar-refractivity contribution in [3.8, 4) is 0 Å². The highest BCUT2D eigenvalue weighted by molar-refractivity contribution is 5.89. The van der Waals surface area contributed by atoms with Crippen molar-refractivity contribution in [3.05, 3.63) is 30.2 Å². The fourth-order valence-corrected chi connectivity index (χ4v) is 0.976. The molecule has 0 heterocycles. The topological polar surface area (TPSA) is 52.3 Å². The average molecular weight is 166 g/mol. The monoisotopic (exact) mass is 166 g/mol. The van der Waals surface area contributed by atoms with Crippen molar-refractivity contribution in [2.75, 3.05) is 6.61 Å². The van der Waals surface area contributed by atoms with Gasteiger partial charge in [-0.15, -0.1) is 0 Å². The summed E-state index contributed by atoms with van der Waals surface area (Å²) in [6, 6.07) is -0.325. The first kappa shape index (κ1) is 9.00. The van der Waals surface area contributed by atoms with Crippen LogP contribution in [0.2, 0.25) is 0 Å². The van der Waals surface area contributed by atoms with Gasteiger partial charge in [0.15, 0.2) is 0 Å². The van der Waals surface area contributed by atoms with Gasteiger partial charge in [-0.2, -0.15) is 0 Å². The Hall–Kier alpha value is -1.09. The molecule has 0 aromatic heterocycles. The van der Waals surface area contributed by atoms with Crippen LogP contribution in [0, 0.1) is 5.92 Å². The van der Waals surface area contributed by atoms with E-state index in [9.17, 15) is 4.79 Å². The van der Waals surface area contributed by atoms with Crippen molar-refractivity contribution in [1.29, 1.82) is 0 Å². The van der Waals surface area contributed by atoms with E-state index in [1.807, 2.05) is 6.08 Å². The molecule has 3 heteroatoms. The number of ether oxygens (including phenoxy) is 1. The molecule has 0 saturated heterocycles. The van der Waals surface area contributed by atoms with Crippen LogP contribution in [0.1, 0.15) is 6.92 Å². The molecule has 1 radical (unpaired) electrons. The van der Waals surface area contributed by atoms with Gasteiger partial charge in [-0.1, -0.05) is 24.3 Å². The van der Waals surface area contributed by atoms with Crippen LogP contribution in [0.5, 0.6) is 0 Å². The summed E-state index contributed by atoms with van der Waals surface area (Å²) in [5.74, 6) is 0.185. The lowest BCUT2D eigenvalue weighted by Gasteiger charge is -2.16. The van der Waals surface area contributed by atoms with Crippen LogP contribution < -0.4 is 5.73 Å². The lowest BCUT2D eigenvalue weighted by molar-refractivity contribution is -0.140. The zero-order valence-electron chi connectivity index (χ0n) is 6.99. The largest absolute Gasteiger partial charge is 0.465 e. The molecule has 0 aromatic carbocycles. The van der Waals surface area contributed by atoms with E-state index in [2.05, 4.69) is 0 Å². The van der Waals surface area contributed by atoms with Crippen molar-refractivity contribution >= 4 is 5.97 Å². The van der Waals surface area contributed by atoms with Crippen LogP contribution in [0.4, 0.5) is 0 Å². The number of allylic oxidation sites excluding steroid dienone is 2. The van der Waals surface area contributed by atoms with Crippen molar-refractivity contribution in [2.24, 2.45) is 5.73 Å². The van der Waals surface area contributed by atoms with E-state index in [0.29, 0.717) is 12.5 Å². The SMILES string of the molecule is CCOC(=O)[C]1C=CC=CC1N. The second kappa shape index (κ2) is 4.07. The molecular weight excluding hydrogens is 154 g/mol. The van der Waals surface area contributed by atoms with Crippen molar-refractivity contribution in [3.63, 3.8) is 0 Å². The molecule has 0 amide bonds. The van der Waals surface area contributed by atoms with E-state index in [-0.39, 0.29) is 12.0 Å². The smallest absolute Gasteiger partial charge is 0.319 e. The summed E-state index contributed by atoms with van der Waals surface area (Å²) in [7, 11) is 0. The minimum absolute atomic E-state index is 0.325. The highest BCUT2D eigenvalue weighted by Crippen LogP contribution is 2.14. The summed E-state index contributed by atoms with van der Waals surface area (Å²) in [6.07, 6.45) is 7.03. The molecule has 0 fully saturated rings. The van der Waals surface area contributed by atoms with Gasteiger partial charge in [0.25, 0.3) is 0 Å². The number of esters is 1. The Labute approximate surface area is 71.9 Å². The van der Waals surface area contributed by atoms with Crippen LogP contribution in [-0.2, 0) is 9.53 Å². The van der Waals surface area contributed by atoms with Gasteiger partial charge in [0, 0.05) is 6.04 Å². The number of hydrogen-bond donors (Lipinski definition) is 1. The van der Waals surface area contributed by atoms with Gasteiger partial charge in [-0.25, -0.2) is 0 Å². The molecule has 1 atom stereocenters. The van der Waals surface area contributed by atoms with Gasteiger partial charge in [-0.3, -0.25) is 4.79 Å². The predicted octanol–water partition coefficient (Wildman–Crippen LogP) is 0.577. The van der Waals surface area contributed by atoms with Crippen LogP contribution in [0.15, 0.2) is 24.3 Å². The Kier molecular flexibility index (Phi) is 3.05. The minimum atomic E-state index is -0.328. The third-order valence-corrected chi connectivity index (χ3v) is 1.58. The molecule has 1 unspecified atom stereocenters. The maximum Gasteiger partial charge on any atom is 0.319 e. The molecular formula is C9H12NO2. The minimum Gasteiger partial charge on any atom is -0.465 e. The summed E-state index contributed by atoms with van der Waals surface area (Å²) in [4.78, 5) is 11.2. The zero-order valence-corrected chi connectivity index (χ0v) is 6.99. The first-order valence-electron chi connectivity index (χ1n) is 3.90. The molecule has 0 saturated carbocycles. The lowest BCUT2D eigenvalue weighted by atomic mass is 9.96. The summed E-state index contributed by atoms with van der Waals surface area (Å²) in [6.45, 7) is 2.15. The van der Waals surface area contributed by atoms with Gasteiger partial charge in [-0.05, 0) is 6.92 Å². The summed E-state index contributed by atoms with van der Waals surface area (Å²) < 4.78 is 4.81. The molecule has 65 valence electrons. The molecule has 0 aliphatic heterocycles. The van der Waals surface area contributed by atoms with Gasteiger partial charge in [0.2, 0.25) is 0 Å². The Morgan fingerprint density at radius 2 is 2.42 bits per heavy atom. The molecule has 0 aromatic rings. The second-order valence-electron chi connectivity index (χ2n) is 2.45. The molecule has 3 nitrogen and oxygen atoms in total. The first-order chi connectivity index (χ1) is 5.75. The summed E-state index contributed by atoms with van der Waals surface area (Å²) >= 11 is 0. The third kappa shape index (κ3) is 1.95. The Morgan fingerprint density at radius 1 is 1.67 bits per heavy atom. The van der Waals surface area contributed by atoms with E-state index >= 15 is 0 Å². The zero-order chi connectivity index (χ0) is 8.97. The van der Waals surface area contributed by atoms with Gasteiger partial charge >= 0.3 is 5.97 Å². The molecule has 1 aliphatic carbocycles. The van der Waals surface area contributed by atoms with Crippen LogP contribution in [0.25, 0.3) is 0 Å². The average Bonchev–Trinajstić information content (AvgIpc) is 2.05. The number of rotatable bonds is 2. The van der Waals surface area contributed by atoms with Crippen LogP contribution >= 0.6 is 0 Å².